The molecule has 0 amide bonds. The predicted octanol–water partition coefficient (Wildman–Crippen LogP) is 4.00. The van der Waals surface area contributed by atoms with Crippen LogP contribution in [0, 0.1) is 0 Å². The molecule has 0 aliphatic carbocycles. The van der Waals surface area contributed by atoms with Gasteiger partial charge in [-0.3, -0.25) is 4.79 Å². The minimum atomic E-state index is -0.777. The lowest BCUT2D eigenvalue weighted by Crippen LogP contribution is -2.03. The third-order valence-electron chi connectivity index (χ3n) is 3.15. The average molecular weight is 345 g/mol. The number of hydrogen-bond donors (Lipinski definition) is 1. The molecule has 0 radical (unpaired) electrons. The van der Waals surface area contributed by atoms with Crippen molar-refractivity contribution in [3.05, 3.63) is 21.7 Å². The summed E-state index contributed by atoms with van der Waals surface area (Å²) in [4.78, 5) is 10.6. The Bertz CT molecular complexity index is 483. The third-order valence-corrected chi connectivity index (χ3v) is 3.87. The molecule has 112 valence electrons. The van der Waals surface area contributed by atoms with Gasteiger partial charge in [-0.1, -0.05) is 13.8 Å². The lowest BCUT2D eigenvalue weighted by molar-refractivity contribution is -0.137. The van der Waals surface area contributed by atoms with Gasteiger partial charge in [-0.25, -0.2) is 0 Å². The van der Waals surface area contributed by atoms with Crippen LogP contribution in [0.25, 0.3) is 0 Å². The summed E-state index contributed by atoms with van der Waals surface area (Å²) in [7, 11) is 3.24. The van der Waals surface area contributed by atoms with Crippen molar-refractivity contribution in [2.75, 3.05) is 14.2 Å². The molecule has 0 aromatic heterocycles. The molecule has 1 rings (SSSR count). The maximum absolute atomic E-state index is 10.6. The third kappa shape index (κ3) is 3.88. The van der Waals surface area contributed by atoms with E-state index in [-0.39, 0.29) is 6.42 Å². The van der Waals surface area contributed by atoms with Gasteiger partial charge in [-0.05, 0) is 51.9 Å². The molecule has 0 aliphatic rings. The van der Waals surface area contributed by atoms with Crippen LogP contribution < -0.4 is 9.47 Å². The monoisotopic (exact) mass is 344 g/mol. The van der Waals surface area contributed by atoms with Crippen LogP contribution in [0.2, 0.25) is 0 Å². The van der Waals surface area contributed by atoms with Crippen molar-refractivity contribution in [3.63, 3.8) is 0 Å². The Kier molecular flexibility index (Phi) is 6.33. The summed E-state index contributed by atoms with van der Waals surface area (Å²) in [5.41, 5.74) is 2.09. The fourth-order valence-electron chi connectivity index (χ4n) is 2.16. The predicted molar refractivity (Wildman–Crippen MR) is 81.9 cm³/mol. The molecule has 0 saturated carbocycles. The first kappa shape index (κ1) is 16.8. The highest BCUT2D eigenvalue weighted by molar-refractivity contribution is 9.10. The first-order valence-electron chi connectivity index (χ1n) is 6.57. The Morgan fingerprint density at radius 3 is 2.35 bits per heavy atom. The molecule has 0 aliphatic heterocycles. The van der Waals surface area contributed by atoms with Crippen LogP contribution in [-0.2, 0) is 11.2 Å². The Hall–Kier alpha value is -1.23. The smallest absolute Gasteiger partial charge is 0.303 e. The fraction of sp³-hybridized carbons (Fsp3) is 0.533. The van der Waals surface area contributed by atoms with E-state index in [4.69, 9.17) is 14.6 Å². The van der Waals surface area contributed by atoms with E-state index in [2.05, 4.69) is 35.8 Å². The minimum absolute atomic E-state index is 0.157. The van der Waals surface area contributed by atoms with Crippen LogP contribution in [0.5, 0.6) is 11.5 Å². The molecule has 1 N–H and O–H groups in total. The van der Waals surface area contributed by atoms with Crippen LogP contribution >= 0.6 is 15.9 Å². The van der Waals surface area contributed by atoms with Crippen LogP contribution in [0.3, 0.4) is 0 Å². The van der Waals surface area contributed by atoms with Gasteiger partial charge in [0, 0.05) is 6.42 Å². The zero-order chi connectivity index (χ0) is 15.3. The molecule has 0 saturated heterocycles. The second-order valence-corrected chi connectivity index (χ2v) is 5.70. The van der Waals surface area contributed by atoms with Crippen LogP contribution in [0.4, 0.5) is 0 Å². The summed E-state index contributed by atoms with van der Waals surface area (Å²) >= 11 is 3.53. The molecule has 4 nitrogen and oxygen atoms in total. The van der Waals surface area contributed by atoms with Crippen LogP contribution in [-0.4, -0.2) is 25.3 Å². The summed E-state index contributed by atoms with van der Waals surface area (Å²) in [5, 5.41) is 8.74. The minimum Gasteiger partial charge on any atom is -0.495 e. The highest BCUT2D eigenvalue weighted by Crippen LogP contribution is 2.43. The van der Waals surface area contributed by atoms with E-state index in [0.29, 0.717) is 18.8 Å². The maximum atomic E-state index is 10.6. The first-order valence-corrected chi connectivity index (χ1v) is 7.36. The number of carboxylic acid groups (broad SMARTS) is 1. The van der Waals surface area contributed by atoms with Crippen molar-refractivity contribution >= 4 is 21.9 Å². The first-order chi connectivity index (χ1) is 9.42. The number of halogens is 1. The lowest BCUT2D eigenvalue weighted by atomic mass is 9.96. The number of carbonyl (C=O) groups is 1. The van der Waals surface area contributed by atoms with Crippen molar-refractivity contribution in [1.82, 2.24) is 0 Å². The number of carboxylic acids is 1. The van der Waals surface area contributed by atoms with E-state index in [0.717, 1.165) is 27.1 Å². The van der Waals surface area contributed by atoms with E-state index in [1.807, 2.05) is 0 Å². The fourth-order valence-corrected chi connectivity index (χ4v) is 2.97. The summed E-state index contributed by atoms with van der Waals surface area (Å²) in [6, 6.07) is 2.05. The van der Waals surface area contributed by atoms with Gasteiger partial charge in [-0.2, -0.15) is 0 Å². The summed E-state index contributed by atoms with van der Waals surface area (Å²) < 4.78 is 11.7. The van der Waals surface area contributed by atoms with Gasteiger partial charge >= 0.3 is 5.97 Å². The Morgan fingerprint density at radius 2 is 1.90 bits per heavy atom. The number of methoxy groups -OCH3 is 2. The zero-order valence-corrected chi connectivity index (χ0v) is 13.9. The van der Waals surface area contributed by atoms with E-state index in [9.17, 15) is 4.79 Å². The Labute approximate surface area is 128 Å². The molecule has 0 heterocycles. The van der Waals surface area contributed by atoms with Crippen LogP contribution in [0.15, 0.2) is 10.5 Å². The van der Waals surface area contributed by atoms with Crippen molar-refractivity contribution in [1.29, 1.82) is 0 Å². The SMILES string of the molecule is COc1c(CCCC(=O)O)cc(C(C)C)c(OC)c1Br. The number of rotatable bonds is 7. The van der Waals surface area contributed by atoms with Gasteiger partial charge in [0.1, 0.15) is 16.0 Å². The average Bonchev–Trinajstić information content (AvgIpc) is 2.37. The van der Waals surface area contributed by atoms with Crippen molar-refractivity contribution in [3.8, 4) is 11.5 Å². The van der Waals surface area contributed by atoms with Crippen molar-refractivity contribution in [2.45, 2.75) is 39.0 Å². The normalized spacial score (nSPS) is 10.7. The summed E-state index contributed by atoms with van der Waals surface area (Å²) in [6.45, 7) is 4.19. The highest BCUT2D eigenvalue weighted by Gasteiger charge is 2.19. The van der Waals surface area contributed by atoms with Crippen LogP contribution in [0.1, 0.15) is 43.7 Å². The quantitative estimate of drug-likeness (QED) is 0.812. The molecule has 0 fully saturated rings. The standard InChI is InChI=1S/C15H21BrO4/c1-9(2)11-8-10(6-5-7-12(17)18)14(19-3)13(16)15(11)20-4/h8-9H,5-7H2,1-4H3,(H,17,18). The summed E-state index contributed by atoms with van der Waals surface area (Å²) in [6.07, 6.45) is 1.41. The molecule has 1 aromatic rings. The topological polar surface area (TPSA) is 55.8 Å². The molecular formula is C15H21BrO4. The molecule has 0 atom stereocenters. The number of aryl methyl sites for hydroxylation is 1. The molecule has 1 aromatic carbocycles. The summed E-state index contributed by atoms with van der Waals surface area (Å²) in [5.74, 6) is 1.03. The van der Waals surface area contributed by atoms with Crippen molar-refractivity contribution < 1.29 is 19.4 Å². The Morgan fingerprint density at radius 1 is 1.30 bits per heavy atom. The van der Waals surface area contributed by atoms with Gasteiger partial charge in [-0.15, -0.1) is 0 Å². The molecule has 20 heavy (non-hydrogen) atoms. The molecule has 5 heteroatoms. The van der Waals surface area contributed by atoms with E-state index >= 15 is 0 Å². The zero-order valence-electron chi connectivity index (χ0n) is 12.3. The number of ether oxygens (including phenoxy) is 2. The second-order valence-electron chi connectivity index (χ2n) is 4.91. The van der Waals surface area contributed by atoms with E-state index in [1.165, 1.54) is 0 Å². The van der Waals surface area contributed by atoms with Gasteiger partial charge in [0.05, 0.1) is 14.2 Å². The van der Waals surface area contributed by atoms with Gasteiger partial charge < -0.3 is 14.6 Å². The maximum Gasteiger partial charge on any atom is 0.303 e. The highest BCUT2D eigenvalue weighted by atomic mass is 79.9. The molecule has 0 unspecified atom stereocenters. The van der Waals surface area contributed by atoms with Gasteiger partial charge in [0.15, 0.2) is 0 Å². The van der Waals surface area contributed by atoms with Gasteiger partial charge in [0.25, 0.3) is 0 Å². The van der Waals surface area contributed by atoms with E-state index < -0.39 is 5.97 Å². The molecule has 0 spiro atoms. The molecule has 0 bridgehead atoms. The number of aliphatic carboxylic acids is 1. The Balaban J connectivity index is 3.18. The molecular weight excluding hydrogens is 324 g/mol. The van der Waals surface area contributed by atoms with Gasteiger partial charge in [0.2, 0.25) is 0 Å². The number of hydrogen-bond acceptors (Lipinski definition) is 3. The lowest BCUT2D eigenvalue weighted by Gasteiger charge is -2.19. The number of benzene rings is 1. The largest absolute Gasteiger partial charge is 0.495 e. The van der Waals surface area contributed by atoms with E-state index in [1.54, 1.807) is 14.2 Å². The van der Waals surface area contributed by atoms with Crippen molar-refractivity contribution in [2.24, 2.45) is 0 Å². The second kappa shape index (κ2) is 7.53.